The lowest BCUT2D eigenvalue weighted by molar-refractivity contribution is -0.113. The van der Waals surface area contributed by atoms with E-state index in [9.17, 15) is 4.79 Å². The number of carbonyl (C=O) groups excluding carboxylic acids is 1. The number of aliphatic imine (C=N–C) groups is 1. The van der Waals surface area contributed by atoms with Gasteiger partial charge in [0.05, 0.1) is 11.4 Å². The molecule has 18 heavy (non-hydrogen) atoms. The molecule has 0 fully saturated rings. The summed E-state index contributed by atoms with van der Waals surface area (Å²) >= 11 is 0. The lowest BCUT2D eigenvalue weighted by Gasteiger charge is -2.24. The standard InChI is InChI=1S/C15H10N2O/c1-9-8-13-16-11-6-2-4-10-5-3-7-12(14(10)11)17(13)15(9)18/h2-8H,1H3. The van der Waals surface area contributed by atoms with Crippen molar-refractivity contribution < 1.29 is 4.79 Å². The lowest BCUT2D eigenvalue weighted by Crippen LogP contribution is -2.32. The Morgan fingerprint density at radius 1 is 1.11 bits per heavy atom. The molecule has 2 aromatic rings. The van der Waals surface area contributed by atoms with Crippen LogP contribution >= 0.6 is 0 Å². The predicted octanol–water partition coefficient (Wildman–Crippen LogP) is 3.18. The first-order valence-electron chi connectivity index (χ1n) is 5.89. The number of anilines is 1. The van der Waals surface area contributed by atoms with Crippen LogP contribution in [0.25, 0.3) is 10.8 Å². The van der Waals surface area contributed by atoms with Crippen molar-refractivity contribution in [3.05, 3.63) is 48.0 Å². The van der Waals surface area contributed by atoms with E-state index in [1.807, 2.05) is 49.4 Å². The van der Waals surface area contributed by atoms with Crippen LogP contribution in [0, 0.1) is 0 Å². The fourth-order valence-electron chi connectivity index (χ4n) is 2.62. The van der Waals surface area contributed by atoms with E-state index in [0.717, 1.165) is 33.6 Å². The summed E-state index contributed by atoms with van der Waals surface area (Å²) in [6.07, 6.45) is 1.84. The molecule has 86 valence electrons. The number of nitrogens with zero attached hydrogens (tertiary/aromatic N) is 2. The minimum atomic E-state index is 0.0238. The molecule has 4 rings (SSSR count). The number of amides is 1. The molecule has 0 aromatic heterocycles. The number of hydrogen-bond acceptors (Lipinski definition) is 2. The number of rotatable bonds is 0. The summed E-state index contributed by atoms with van der Waals surface area (Å²) in [6, 6.07) is 12.0. The van der Waals surface area contributed by atoms with E-state index < -0.39 is 0 Å². The van der Waals surface area contributed by atoms with Crippen LogP contribution in [0.15, 0.2) is 53.0 Å². The number of amidine groups is 1. The third-order valence-corrected chi connectivity index (χ3v) is 3.45. The zero-order valence-electron chi connectivity index (χ0n) is 9.84. The van der Waals surface area contributed by atoms with E-state index in [-0.39, 0.29) is 5.91 Å². The summed E-state index contributed by atoms with van der Waals surface area (Å²) < 4.78 is 0. The molecule has 2 aliphatic heterocycles. The summed E-state index contributed by atoms with van der Waals surface area (Å²) in [5.41, 5.74) is 2.61. The molecule has 2 aromatic carbocycles. The van der Waals surface area contributed by atoms with Gasteiger partial charge in [0.15, 0.2) is 0 Å². The van der Waals surface area contributed by atoms with E-state index in [4.69, 9.17) is 0 Å². The second-order valence-electron chi connectivity index (χ2n) is 4.59. The van der Waals surface area contributed by atoms with Crippen LogP contribution < -0.4 is 4.90 Å². The first-order chi connectivity index (χ1) is 8.75. The van der Waals surface area contributed by atoms with E-state index in [1.165, 1.54) is 0 Å². The van der Waals surface area contributed by atoms with Crippen LogP contribution in [0.3, 0.4) is 0 Å². The number of hydrogen-bond donors (Lipinski definition) is 0. The second kappa shape index (κ2) is 3.07. The highest BCUT2D eigenvalue weighted by atomic mass is 16.2. The third kappa shape index (κ3) is 1.03. The van der Waals surface area contributed by atoms with Crippen LogP contribution in [-0.4, -0.2) is 11.7 Å². The Kier molecular flexibility index (Phi) is 1.64. The van der Waals surface area contributed by atoms with Crippen molar-refractivity contribution in [2.75, 3.05) is 4.90 Å². The van der Waals surface area contributed by atoms with Gasteiger partial charge in [-0.15, -0.1) is 0 Å². The van der Waals surface area contributed by atoms with Crippen molar-refractivity contribution in [3.63, 3.8) is 0 Å². The van der Waals surface area contributed by atoms with Crippen LogP contribution in [-0.2, 0) is 4.79 Å². The van der Waals surface area contributed by atoms with Gasteiger partial charge in [0.2, 0.25) is 0 Å². The molecule has 0 aliphatic carbocycles. The highest BCUT2D eigenvalue weighted by Gasteiger charge is 2.32. The smallest absolute Gasteiger partial charge is 0.259 e. The van der Waals surface area contributed by atoms with E-state index in [0.29, 0.717) is 0 Å². The van der Waals surface area contributed by atoms with Crippen molar-refractivity contribution in [1.29, 1.82) is 0 Å². The van der Waals surface area contributed by atoms with Crippen LogP contribution in [0.2, 0.25) is 0 Å². The maximum atomic E-state index is 12.2. The van der Waals surface area contributed by atoms with Crippen molar-refractivity contribution in [1.82, 2.24) is 0 Å². The molecule has 0 saturated heterocycles. The fraction of sp³-hybridized carbons (Fsp3) is 0.0667. The van der Waals surface area contributed by atoms with Crippen molar-refractivity contribution in [2.45, 2.75) is 6.92 Å². The van der Waals surface area contributed by atoms with E-state index in [1.54, 1.807) is 4.90 Å². The predicted molar refractivity (Wildman–Crippen MR) is 72.3 cm³/mol. The zero-order valence-corrected chi connectivity index (χ0v) is 9.84. The second-order valence-corrected chi connectivity index (χ2v) is 4.59. The van der Waals surface area contributed by atoms with Crippen molar-refractivity contribution in [3.8, 4) is 0 Å². The third-order valence-electron chi connectivity index (χ3n) is 3.45. The summed E-state index contributed by atoms with van der Waals surface area (Å²) in [5, 5.41) is 2.17. The summed E-state index contributed by atoms with van der Waals surface area (Å²) in [4.78, 5) is 18.4. The molecule has 0 radical (unpaired) electrons. The lowest BCUT2D eigenvalue weighted by atomic mass is 10.0. The van der Waals surface area contributed by atoms with Gasteiger partial charge >= 0.3 is 0 Å². The highest BCUT2D eigenvalue weighted by Crippen LogP contribution is 2.40. The quantitative estimate of drug-likeness (QED) is 0.689. The van der Waals surface area contributed by atoms with Gasteiger partial charge in [-0.3, -0.25) is 9.69 Å². The minimum absolute atomic E-state index is 0.0238. The van der Waals surface area contributed by atoms with Gasteiger partial charge in [0.1, 0.15) is 5.84 Å². The van der Waals surface area contributed by atoms with Gasteiger partial charge in [-0.1, -0.05) is 24.3 Å². The Labute approximate surface area is 104 Å². The average molecular weight is 234 g/mol. The number of fused-ring (bicyclic) bond motifs is 2. The van der Waals surface area contributed by atoms with Crippen LogP contribution in [0.1, 0.15) is 6.92 Å². The Morgan fingerprint density at radius 2 is 1.89 bits per heavy atom. The van der Waals surface area contributed by atoms with Crippen LogP contribution in [0.5, 0.6) is 0 Å². The average Bonchev–Trinajstić information content (AvgIpc) is 2.66. The molecule has 0 atom stereocenters. The Balaban J connectivity index is 2.14. The van der Waals surface area contributed by atoms with Crippen molar-refractivity contribution in [2.24, 2.45) is 4.99 Å². The SMILES string of the molecule is CC1=CC2=Nc3cccc4cccc(c34)N2C1=O. The van der Waals surface area contributed by atoms with Gasteiger partial charge in [-0.25, -0.2) is 4.99 Å². The summed E-state index contributed by atoms with van der Waals surface area (Å²) in [6.45, 7) is 1.83. The Morgan fingerprint density at radius 3 is 2.72 bits per heavy atom. The molecular formula is C15H10N2O. The molecule has 0 N–H and O–H groups in total. The van der Waals surface area contributed by atoms with Crippen molar-refractivity contribution >= 4 is 33.9 Å². The van der Waals surface area contributed by atoms with Gasteiger partial charge in [-0.2, -0.15) is 0 Å². The molecule has 0 spiro atoms. The molecular weight excluding hydrogens is 224 g/mol. The molecule has 2 heterocycles. The first kappa shape index (κ1) is 9.59. The van der Waals surface area contributed by atoms with Gasteiger partial charge in [-0.05, 0) is 30.5 Å². The number of carbonyl (C=O) groups is 1. The largest absolute Gasteiger partial charge is 0.269 e. The maximum absolute atomic E-state index is 12.2. The molecule has 3 heteroatoms. The topological polar surface area (TPSA) is 32.7 Å². The molecule has 0 saturated carbocycles. The molecule has 2 aliphatic rings. The zero-order chi connectivity index (χ0) is 12.3. The normalized spacial score (nSPS) is 16.7. The Bertz CT molecular complexity index is 766. The van der Waals surface area contributed by atoms with Gasteiger partial charge in [0.25, 0.3) is 5.91 Å². The molecule has 3 nitrogen and oxygen atoms in total. The highest BCUT2D eigenvalue weighted by molar-refractivity contribution is 6.36. The Hall–Kier alpha value is -2.42. The molecule has 1 amide bonds. The van der Waals surface area contributed by atoms with Gasteiger partial charge < -0.3 is 0 Å². The first-order valence-corrected chi connectivity index (χ1v) is 5.89. The minimum Gasteiger partial charge on any atom is -0.269 e. The molecule has 0 unspecified atom stereocenters. The van der Waals surface area contributed by atoms with E-state index in [2.05, 4.69) is 4.99 Å². The van der Waals surface area contributed by atoms with E-state index >= 15 is 0 Å². The summed E-state index contributed by atoms with van der Waals surface area (Å²) in [7, 11) is 0. The number of benzene rings is 2. The summed E-state index contributed by atoms with van der Waals surface area (Å²) in [5.74, 6) is 0.749. The molecule has 0 bridgehead atoms. The van der Waals surface area contributed by atoms with Gasteiger partial charge in [0, 0.05) is 11.0 Å². The van der Waals surface area contributed by atoms with Crippen LogP contribution in [0.4, 0.5) is 11.4 Å². The fourth-order valence-corrected chi connectivity index (χ4v) is 2.62. The monoisotopic (exact) mass is 234 g/mol. The maximum Gasteiger partial charge on any atom is 0.259 e.